The Bertz CT molecular complexity index is 1060. The highest BCUT2D eigenvalue weighted by atomic mass is 16.5. The number of allylic oxidation sites excluding steroid dienone is 2. The van der Waals surface area contributed by atoms with Crippen molar-refractivity contribution in [2.24, 2.45) is 0 Å². The predicted molar refractivity (Wildman–Crippen MR) is 113 cm³/mol. The first kappa shape index (κ1) is 21.1. The van der Waals surface area contributed by atoms with Gasteiger partial charge in [0.2, 0.25) is 0 Å². The first-order valence-corrected chi connectivity index (χ1v) is 9.17. The monoisotopic (exact) mass is 408 g/mol. The molecule has 6 nitrogen and oxygen atoms in total. The van der Waals surface area contributed by atoms with Crippen LogP contribution < -0.4 is 18.9 Å². The van der Waals surface area contributed by atoms with Crippen LogP contribution in [0.4, 0.5) is 0 Å². The van der Waals surface area contributed by atoms with Gasteiger partial charge in [-0.2, -0.15) is 0 Å². The van der Waals surface area contributed by atoms with E-state index in [1.807, 2.05) is 0 Å². The number of Topliss-reactive ketones (excluding diaryl/α,β-unsaturated/α-hetero) is 1. The Balaban J connectivity index is 2.22. The molecule has 0 N–H and O–H groups in total. The summed E-state index contributed by atoms with van der Waals surface area (Å²) in [7, 11) is 7.74. The fourth-order valence-electron chi connectivity index (χ4n) is 3.77. The smallest absolute Gasteiger partial charge is 0.189 e. The summed E-state index contributed by atoms with van der Waals surface area (Å²) in [4.78, 5) is 13.6. The molecule has 0 heterocycles. The highest BCUT2D eigenvalue weighted by molar-refractivity contribution is 6.35. The number of rotatable bonds is 8. The Morgan fingerprint density at radius 3 is 1.90 bits per heavy atom. The van der Waals surface area contributed by atoms with Gasteiger partial charge in [0.1, 0.15) is 11.2 Å². The standard InChI is InChI=1S/C24H24O6/c1-7-12-24(16-9-11-18(27-3)20(14-16)29-5)22(25)21(23(24)30-6)15-8-10-17(26-2)19(13-15)28-4/h8-14H,1H2,2-6H3. The van der Waals surface area contributed by atoms with E-state index in [2.05, 4.69) is 12.3 Å². The number of ether oxygens (including phenoxy) is 5. The number of ketones is 1. The lowest BCUT2D eigenvalue weighted by Crippen LogP contribution is -2.46. The van der Waals surface area contributed by atoms with Gasteiger partial charge >= 0.3 is 0 Å². The van der Waals surface area contributed by atoms with Crippen LogP contribution in [0.5, 0.6) is 23.0 Å². The maximum absolute atomic E-state index is 13.6. The minimum absolute atomic E-state index is 0.144. The number of carbonyl (C=O) groups is 1. The molecule has 0 spiro atoms. The summed E-state index contributed by atoms with van der Waals surface area (Å²) in [5, 5.41) is 0. The third kappa shape index (κ3) is 3.02. The van der Waals surface area contributed by atoms with Gasteiger partial charge in [0.15, 0.2) is 28.8 Å². The van der Waals surface area contributed by atoms with Crippen molar-refractivity contribution in [3.63, 3.8) is 0 Å². The van der Waals surface area contributed by atoms with E-state index in [0.29, 0.717) is 45.5 Å². The summed E-state index contributed by atoms with van der Waals surface area (Å²) >= 11 is 0. The summed E-state index contributed by atoms with van der Waals surface area (Å²) < 4.78 is 27.1. The second-order valence-electron chi connectivity index (χ2n) is 6.53. The van der Waals surface area contributed by atoms with E-state index in [9.17, 15) is 4.79 Å². The van der Waals surface area contributed by atoms with Crippen LogP contribution in [0.1, 0.15) is 11.1 Å². The Morgan fingerprint density at radius 2 is 1.37 bits per heavy atom. The molecule has 0 amide bonds. The van der Waals surface area contributed by atoms with Gasteiger partial charge in [-0.05, 0) is 41.5 Å². The average Bonchev–Trinajstić information content (AvgIpc) is 2.79. The molecular weight excluding hydrogens is 384 g/mol. The van der Waals surface area contributed by atoms with Crippen LogP contribution in [0.15, 0.2) is 60.5 Å². The molecule has 0 fully saturated rings. The number of hydrogen-bond donors (Lipinski definition) is 0. The van der Waals surface area contributed by atoms with Crippen LogP contribution in [-0.2, 0) is 14.9 Å². The minimum atomic E-state index is -1.15. The second kappa shape index (κ2) is 8.39. The number of methoxy groups -OCH3 is 5. The van der Waals surface area contributed by atoms with Gasteiger partial charge in [-0.15, -0.1) is 5.73 Å². The average molecular weight is 408 g/mol. The number of benzene rings is 2. The number of hydrogen-bond acceptors (Lipinski definition) is 6. The fraction of sp³-hybridized carbons (Fsp3) is 0.250. The van der Waals surface area contributed by atoms with Crippen LogP contribution in [0.3, 0.4) is 0 Å². The van der Waals surface area contributed by atoms with Crippen LogP contribution in [-0.4, -0.2) is 41.3 Å². The molecule has 2 aromatic rings. The van der Waals surface area contributed by atoms with Crippen LogP contribution >= 0.6 is 0 Å². The molecule has 0 aliphatic heterocycles. The predicted octanol–water partition coefficient (Wildman–Crippen LogP) is 3.94. The topological polar surface area (TPSA) is 63.2 Å². The van der Waals surface area contributed by atoms with Crippen LogP contribution in [0.25, 0.3) is 5.57 Å². The van der Waals surface area contributed by atoms with E-state index in [-0.39, 0.29) is 5.78 Å². The van der Waals surface area contributed by atoms with Crippen molar-refractivity contribution in [1.29, 1.82) is 0 Å². The summed E-state index contributed by atoms with van der Waals surface area (Å²) in [5.41, 5.74) is 3.40. The summed E-state index contributed by atoms with van der Waals surface area (Å²) in [5.74, 6) is 2.51. The van der Waals surface area contributed by atoms with Crippen molar-refractivity contribution in [1.82, 2.24) is 0 Å². The molecule has 2 aromatic carbocycles. The van der Waals surface area contributed by atoms with E-state index >= 15 is 0 Å². The Kier molecular flexibility index (Phi) is 5.90. The first-order chi connectivity index (χ1) is 14.5. The van der Waals surface area contributed by atoms with Gasteiger partial charge in [0, 0.05) is 0 Å². The Hall–Kier alpha value is -3.63. The lowest BCUT2D eigenvalue weighted by molar-refractivity contribution is -0.119. The van der Waals surface area contributed by atoms with Crippen molar-refractivity contribution in [3.05, 3.63) is 71.7 Å². The fourth-order valence-corrected chi connectivity index (χ4v) is 3.77. The molecule has 3 rings (SSSR count). The first-order valence-electron chi connectivity index (χ1n) is 9.17. The van der Waals surface area contributed by atoms with E-state index in [1.54, 1.807) is 70.9 Å². The van der Waals surface area contributed by atoms with E-state index in [0.717, 1.165) is 0 Å². The third-order valence-corrected chi connectivity index (χ3v) is 5.20. The molecule has 0 saturated heterocycles. The van der Waals surface area contributed by atoms with Crippen molar-refractivity contribution in [2.75, 3.05) is 35.5 Å². The summed E-state index contributed by atoms with van der Waals surface area (Å²) in [6.45, 7) is 3.68. The molecular formula is C24H24O6. The Morgan fingerprint density at radius 1 is 0.800 bits per heavy atom. The lowest BCUT2D eigenvalue weighted by atomic mass is 9.61. The van der Waals surface area contributed by atoms with Gasteiger partial charge in [-0.25, -0.2) is 0 Å². The third-order valence-electron chi connectivity index (χ3n) is 5.20. The van der Waals surface area contributed by atoms with Gasteiger partial charge in [-0.1, -0.05) is 18.7 Å². The quantitative estimate of drug-likeness (QED) is 0.617. The van der Waals surface area contributed by atoms with E-state index in [4.69, 9.17) is 23.7 Å². The van der Waals surface area contributed by atoms with Crippen molar-refractivity contribution < 1.29 is 28.5 Å². The molecule has 1 atom stereocenters. The second-order valence-corrected chi connectivity index (χ2v) is 6.53. The maximum Gasteiger partial charge on any atom is 0.189 e. The zero-order valence-electron chi connectivity index (χ0n) is 17.7. The number of carbonyl (C=O) groups excluding carboxylic acids is 1. The molecule has 1 unspecified atom stereocenters. The lowest BCUT2D eigenvalue weighted by Gasteiger charge is -2.41. The largest absolute Gasteiger partial charge is 0.499 e. The normalized spacial score (nSPS) is 17.6. The zero-order valence-corrected chi connectivity index (χ0v) is 17.7. The molecule has 30 heavy (non-hydrogen) atoms. The van der Waals surface area contributed by atoms with Gasteiger partial charge < -0.3 is 23.7 Å². The molecule has 1 aliphatic rings. The molecule has 6 heteroatoms. The summed E-state index contributed by atoms with van der Waals surface area (Å²) in [6, 6.07) is 10.6. The van der Waals surface area contributed by atoms with Crippen molar-refractivity contribution >= 4 is 11.4 Å². The van der Waals surface area contributed by atoms with Gasteiger partial charge in [0.05, 0.1) is 41.1 Å². The van der Waals surface area contributed by atoms with Gasteiger partial charge in [-0.3, -0.25) is 4.79 Å². The molecule has 1 aliphatic carbocycles. The van der Waals surface area contributed by atoms with E-state index in [1.165, 1.54) is 7.11 Å². The van der Waals surface area contributed by atoms with Gasteiger partial charge in [0.25, 0.3) is 0 Å². The summed E-state index contributed by atoms with van der Waals surface area (Å²) in [6.07, 6.45) is 1.61. The SMILES string of the molecule is C=C=CC1(c2ccc(OC)c(OC)c2)C(=O)C(c2ccc(OC)c(OC)c2)=C1OC. The maximum atomic E-state index is 13.6. The Labute approximate surface area is 176 Å². The van der Waals surface area contributed by atoms with Crippen molar-refractivity contribution in [3.8, 4) is 23.0 Å². The van der Waals surface area contributed by atoms with Crippen LogP contribution in [0.2, 0.25) is 0 Å². The molecule has 0 radical (unpaired) electrons. The van der Waals surface area contributed by atoms with E-state index < -0.39 is 5.41 Å². The van der Waals surface area contributed by atoms with Crippen LogP contribution in [0, 0.1) is 0 Å². The highest BCUT2D eigenvalue weighted by Gasteiger charge is 2.55. The van der Waals surface area contributed by atoms with Crippen molar-refractivity contribution in [2.45, 2.75) is 5.41 Å². The molecule has 0 saturated carbocycles. The zero-order chi connectivity index (χ0) is 21.9. The highest BCUT2D eigenvalue weighted by Crippen LogP contribution is 2.52. The molecule has 0 bridgehead atoms. The molecule has 0 aromatic heterocycles. The minimum Gasteiger partial charge on any atom is -0.499 e. The molecule has 156 valence electrons.